The molecular weight excluding hydrogens is 648 g/mol. The smallest absolute Gasteiger partial charge is 0.253 e. The molecule has 1 heterocycles. The Bertz CT molecular complexity index is 1700. The second kappa shape index (κ2) is 14.9. The summed E-state index contributed by atoms with van der Waals surface area (Å²) in [4.78, 5) is 13.0. The number of hydrazone groups is 1. The van der Waals surface area contributed by atoms with Crippen LogP contribution in [0, 0.1) is 0 Å². The van der Waals surface area contributed by atoms with Gasteiger partial charge in [-0.1, -0.05) is 81.8 Å². The Morgan fingerprint density at radius 1 is 1.02 bits per heavy atom. The largest absolute Gasteiger partial charge is 0.488 e. The average molecular weight is 676 g/mol. The highest BCUT2D eigenvalue weighted by Crippen LogP contribution is 2.27. The van der Waals surface area contributed by atoms with Crippen molar-refractivity contribution in [1.29, 1.82) is 0 Å². The highest BCUT2D eigenvalue weighted by Gasteiger charge is 2.21. The van der Waals surface area contributed by atoms with Crippen LogP contribution in [0.4, 0.5) is 5.69 Å². The Morgan fingerprint density at radius 3 is 2.58 bits per heavy atom. The molecule has 1 amide bonds. The maximum atomic E-state index is 13.0. The van der Waals surface area contributed by atoms with Crippen molar-refractivity contribution in [3.63, 3.8) is 0 Å². The first-order valence-corrected chi connectivity index (χ1v) is 15.5. The highest BCUT2D eigenvalue weighted by molar-refractivity contribution is 9.10. The van der Waals surface area contributed by atoms with Gasteiger partial charge >= 0.3 is 0 Å². The number of carbonyl (C=O) groups is 1. The van der Waals surface area contributed by atoms with Gasteiger partial charge in [0.25, 0.3) is 5.91 Å². The molecule has 1 aromatic heterocycles. The summed E-state index contributed by atoms with van der Waals surface area (Å²) in [5.41, 5.74) is 6.23. The fourth-order valence-electron chi connectivity index (χ4n) is 4.05. The van der Waals surface area contributed by atoms with E-state index in [1.807, 2.05) is 108 Å². The van der Waals surface area contributed by atoms with Crippen molar-refractivity contribution in [2.45, 2.75) is 30.5 Å². The van der Waals surface area contributed by atoms with Crippen LogP contribution in [0.25, 0.3) is 5.69 Å². The Labute approximate surface area is 267 Å². The van der Waals surface area contributed by atoms with E-state index in [9.17, 15) is 4.79 Å². The Kier molecular flexibility index (Phi) is 10.5. The van der Waals surface area contributed by atoms with Gasteiger partial charge in [0.05, 0.1) is 18.0 Å². The maximum absolute atomic E-state index is 13.0. The summed E-state index contributed by atoms with van der Waals surface area (Å²) in [5, 5.41) is 17.2. The molecule has 0 bridgehead atoms. The van der Waals surface area contributed by atoms with Crippen molar-refractivity contribution in [2.75, 3.05) is 5.32 Å². The molecule has 5 aromatic rings. The lowest BCUT2D eigenvalue weighted by Crippen LogP contribution is -2.27. The number of anilines is 1. The Balaban J connectivity index is 1.23. The third kappa shape index (κ3) is 8.47. The zero-order valence-corrected chi connectivity index (χ0v) is 26.3. The van der Waals surface area contributed by atoms with Gasteiger partial charge < -0.3 is 10.1 Å². The van der Waals surface area contributed by atoms with Crippen molar-refractivity contribution in [3.8, 4) is 11.4 Å². The van der Waals surface area contributed by atoms with Gasteiger partial charge in [0.2, 0.25) is 0 Å². The van der Waals surface area contributed by atoms with Gasteiger partial charge in [-0.3, -0.25) is 9.36 Å². The van der Waals surface area contributed by atoms with Crippen LogP contribution in [0.2, 0.25) is 5.02 Å². The second-order valence-electron chi connectivity index (χ2n) is 9.38. The first kappa shape index (κ1) is 30.3. The molecule has 0 spiro atoms. The maximum Gasteiger partial charge on any atom is 0.253 e. The third-order valence-electron chi connectivity index (χ3n) is 6.24. The van der Waals surface area contributed by atoms with Crippen LogP contribution in [0.1, 0.15) is 23.9 Å². The number of amides is 1. The molecule has 5 rings (SSSR count). The van der Waals surface area contributed by atoms with E-state index in [1.54, 1.807) is 13.1 Å². The van der Waals surface area contributed by atoms with E-state index in [0.717, 1.165) is 27.0 Å². The molecule has 43 heavy (non-hydrogen) atoms. The van der Waals surface area contributed by atoms with Gasteiger partial charge in [0.15, 0.2) is 11.0 Å². The lowest BCUT2D eigenvalue weighted by atomic mass is 10.2. The van der Waals surface area contributed by atoms with Crippen LogP contribution >= 0.6 is 39.3 Å². The van der Waals surface area contributed by atoms with Gasteiger partial charge in [0, 0.05) is 26.4 Å². The first-order valence-electron chi connectivity index (χ1n) is 13.4. The number of aromatic nitrogens is 3. The predicted molar refractivity (Wildman–Crippen MR) is 176 cm³/mol. The molecule has 0 radical (unpaired) electrons. The molecule has 0 aliphatic rings. The minimum atomic E-state index is -0.496. The quantitative estimate of drug-likeness (QED) is 0.0808. The van der Waals surface area contributed by atoms with E-state index in [2.05, 4.69) is 42.0 Å². The fourth-order valence-corrected chi connectivity index (χ4v) is 5.50. The average Bonchev–Trinajstić information content (AvgIpc) is 3.42. The van der Waals surface area contributed by atoms with E-state index >= 15 is 0 Å². The third-order valence-corrected chi connectivity index (χ3v) is 8.03. The van der Waals surface area contributed by atoms with Crippen LogP contribution in [0.15, 0.2) is 118 Å². The number of hydrogen-bond donors (Lipinski definition) is 2. The van der Waals surface area contributed by atoms with Crippen LogP contribution in [0.3, 0.4) is 0 Å². The molecule has 0 saturated heterocycles. The molecule has 4 aromatic carbocycles. The van der Waals surface area contributed by atoms with Gasteiger partial charge in [-0.15, -0.1) is 10.2 Å². The number of hydrogen-bond acceptors (Lipinski definition) is 7. The van der Waals surface area contributed by atoms with Crippen LogP contribution < -0.4 is 15.5 Å². The Morgan fingerprint density at radius 2 is 1.79 bits per heavy atom. The van der Waals surface area contributed by atoms with Crippen molar-refractivity contribution in [1.82, 2.24) is 20.2 Å². The molecule has 0 fully saturated rings. The molecule has 2 N–H and O–H groups in total. The summed E-state index contributed by atoms with van der Waals surface area (Å²) in [6.45, 7) is 2.64. The lowest BCUT2D eigenvalue weighted by molar-refractivity contribution is -0.120. The fraction of sp³-hybridized carbons (Fsp3) is 0.125. The predicted octanol–water partition coefficient (Wildman–Crippen LogP) is 7.51. The molecule has 218 valence electrons. The molecule has 0 saturated carbocycles. The standard InChI is InChI=1S/C32H28BrClN6O2S/c1-22(31(41)38-36-19-24-9-5-6-13-29(24)42-21-23-8-7-10-25(33)18-23)43-32-39-37-30(40(32)28-11-3-2-4-12-28)20-35-27-16-14-26(34)15-17-27/h2-19,22,35H,20-21H2,1H3,(H,38,41)/b36-19+/t22-/m0/s1. The number of rotatable bonds is 12. The summed E-state index contributed by atoms with van der Waals surface area (Å²) in [7, 11) is 0. The summed E-state index contributed by atoms with van der Waals surface area (Å²) < 4.78 is 8.95. The number of nitrogens with zero attached hydrogens (tertiary/aromatic N) is 4. The van der Waals surface area contributed by atoms with Gasteiger partial charge in [-0.25, -0.2) is 5.43 Å². The summed E-state index contributed by atoms with van der Waals surface area (Å²) >= 11 is 10.8. The molecule has 0 aliphatic heterocycles. The van der Waals surface area contributed by atoms with Gasteiger partial charge in [-0.2, -0.15) is 5.10 Å². The number of para-hydroxylation sites is 2. The van der Waals surface area contributed by atoms with Crippen molar-refractivity contribution in [2.24, 2.45) is 5.10 Å². The molecule has 1 atom stereocenters. The number of benzene rings is 4. The van der Waals surface area contributed by atoms with Crippen molar-refractivity contribution in [3.05, 3.63) is 130 Å². The van der Waals surface area contributed by atoms with E-state index in [4.69, 9.17) is 16.3 Å². The molecule has 0 aliphatic carbocycles. The molecule has 8 nitrogen and oxygen atoms in total. The molecule has 11 heteroatoms. The first-order chi connectivity index (χ1) is 21.0. The summed E-state index contributed by atoms with van der Waals surface area (Å²) in [5.74, 6) is 1.10. The zero-order chi connectivity index (χ0) is 30.0. The van der Waals surface area contributed by atoms with Crippen LogP contribution in [0.5, 0.6) is 5.75 Å². The number of nitrogens with one attached hydrogen (secondary N) is 2. The number of carbonyl (C=O) groups excluding carboxylic acids is 1. The van der Waals surface area contributed by atoms with E-state index in [-0.39, 0.29) is 5.91 Å². The van der Waals surface area contributed by atoms with E-state index in [1.165, 1.54) is 11.8 Å². The van der Waals surface area contributed by atoms with E-state index < -0.39 is 5.25 Å². The van der Waals surface area contributed by atoms with Gasteiger partial charge in [-0.05, 0) is 73.2 Å². The number of ether oxygens (including phenoxy) is 1. The Hall–Kier alpha value is -4.12. The second-order valence-corrected chi connectivity index (χ2v) is 12.0. The summed E-state index contributed by atoms with van der Waals surface area (Å²) in [6.07, 6.45) is 1.58. The normalized spacial score (nSPS) is 11.8. The molecular formula is C32H28BrClN6O2S. The van der Waals surface area contributed by atoms with Crippen LogP contribution in [-0.2, 0) is 17.9 Å². The van der Waals surface area contributed by atoms with Crippen molar-refractivity contribution >= 4 is 57.1 Å². The summed E-state index contributed by atoms with van der Waals surface area (Å²) in [6, 6.07) is 32.7. The molecule has 0 unspecified atom stereocenters. The van der Waals surface area contributed by atoms with E-state index in [0.29, 0.717) is 34.9 Å². The minimum Gasteiger partial charge on any atom is -0.488 e. The van der Waals surface area contributed by atoms with Gasteiger partial charge in [0.1, 0.15) is 12.4 Å². The minimum absolute atomic E-state index is 0.266. The number of halogens is 2. The van der Waals surface area contributed by atoms with Crippen molar-refractivity contribution < 1.29 is 9.53 Å². The SMILES string of the molecule is C[C@H](Sc1nnc(CNc2ccc(Cl)cc2)n1-c1ccccc1)C(=O)N/N=C/c1ccccc1OCc1cccc(Br)c1. The lowest BCUT2D eigenvalue weighted by Gasteiger charge is -2.13. The number of thioether (sulfide) groups is 1. The monoisotopic (exact) mass is 674 g/mol. The van der Waals surface area contributed by atoms with Crippen LogP contribution in [-0.4, -0.2) is 32.1 Å². The zero-order valence-electron chi connectivity index (χ0n) is 23.2. The highest BCUT2D eigenvalue weighted by atomic mass is 79.9. The topological polar surface area (TPSA) is 93.4 Å².